The predicted molar refractivity (Wildman–Crippen MR) is 70.2 cm³/mol. The molecule has 2 N–H and O–H groups in total. The van der Waals surface area contributed by atoms with Crippen molar-refractivity contribution in [2.24, 2.45) is 0 Å². The highest BCUT2D eigenvalue weighted by Crippen LogP contribution is 2.11. The Kier molecular flexibility index (Phi) is 3.79. The lowest BCUT2D eigenvalue weighted by atomic mass is 10.1. The number of anilines is 1. The highest BCUT2D eigenvalue weighted by Gasteiger charge is 2.26. The lowest BCUT2D eigenvalue weighted by Crippen LogP contribution is -2.54. The average Bonchev–Trinajstić information content (AvgIpc) is 2.38. The van der Waals surface area contributed by atoms with Gasteiger partial charge < -0.3 is 10.2 Å². The highest BCUT2D eigenvalue weighted by atomic mass is 16.2. The Morgan fingerprint density at radius 3 is 2.15 bits per heavy atom. The summed E-state index contributed by atoms with van der Waals surface area (Å²) >= 11 is 0. The number of imide groups is 1. The zero-order valence-corrected chi connectivity index (χ0v) is 10.8. The molecular formula is C13H13N3O4. The minimum Gasteiger partial charge on any atom is -0.308 e. The van der Waals surface area contributed by atoms with Crippen molar-refractivity contribution in [2.75, 3.05) is 18.4 Å². The second-order valence-corrected chi connectivity index (χ2v) is 4.39. The van der Waals surface area contributed by atoms with Gasteiger partial charge in [-0.3, -0.25) is 19.7 Å². The normalized spacial score (nSPS) is 14.8. The molecule has 1 aliphatic heterocycles. The Morgan fingerprint density at radius 2 is 1.65 bits per heavy atom. The molecule has 20 heavy (non-hydrogen) atoms. The molecule has 0 atom stereocenters. The Hall–Kier alpha value is -2.70. The van der Waals surface area contributed by atoms with Crippen molar-refractivity contribution in [3.05, 3.63) is 29.8 Å². The lowest BCUT2D eigenvalue weighted by molar-refractivity contribution is -0.134. The molecule has 0 saturated carbocycles. The molecule has 0 unspecified atom stereocenters. The van der Waals surface area contributed by atoms with Crippen LogP contribution in [0, 0.1) is 0 Å². The summed E-state index contributed by atoms with van der Waals surface area (Å²) in [5.74, 6) is -1.09. The van der Waals surface area contributed by atoms with Gasteiger partial charge in [0.1, 0.15) is 13.1 Å². The maximum atomic E-state index is 11.9. The van der Waals surface area contributed by atoms with Gasteiger partial charge in [-0.1, -0.05) is 0 Å². The molecule has 1 aromatic carbocycles. The summed E-state index contributed by atoms with van der Waals surface area (Å²) in [5, 5.41) is 4.67. The predicted octanol–water partition coefficient (Wildman–Crippen LogP) is 0.379. The number of Topliss-reactive ketones (excluding diaryl/α,β-unsaturated/α-hetero) is 1. The van der Waals surface area contributed by atoms with Gasteiger partial charge in [0.15, 0.2) is 5.78 Å². The van der Waals surface area contributed by atoms with Gasteiger partial charge in [0.2, 0.25) is 11.8 Å². The fourth-order valence-corrected chi connectivity index (χ4v) is 1.77. The van der Waals surface area contributed by atoms with Gasteiger partial charge >= 0.3 is 6.03 Å². The van der Waals surface area contributed by atoms with Gasteiger partial charge in [0, 0.05) is 11.3 Å². The number of benzene rings is 1. The summed E-state index contributed by atoms with van der Waals surface area (Å²) in [6, 6.07) is 5.81. The first kappa shape index (κ1) is 13.7. The van der Waals surface area contributed by atoms with E-state index in [0.717, 1.165) is 4.90 Å². The van der Waals surface area contributed by atoms with Crippen LogP contribution in [-0.4, -0.2) is 41.6 Å². The van der Waals surface area contributed by atoms with Crippen molar-refractivity contribution in [3.8, 4) is 0 Å². The van der Waals surface area contributed by atoms with Crippen molar-refractivity contribution in [1.29, 1.82) is 0 Å². The van der Waals surface area contributed by atoms with E-state index in [1.54, 1.807) is 24.3 Å². The zero-order chi connectivity index (χ0) is 14.7. The number of amides is 4. The first-order valence-corrected chi connectivity index (χ1v) is 5.95. The van der Waals surface area contributed by atoms with Gasteiger partial charge in [0.25, 0.3) is 0 Å². The zero-order valence-electron chi connectivity index (χ0n) is 10.8. The number of nitrogens with one attached hydrogen (secondary N) is 2. The van der Waals surface area contributed by atoms with Gasteiger partial charge in [-0.2, -0.15) is 0 Å². The third-order valence-electron chi connectivity index (χ3n) is 2.78. The van der Waals surface area contributed by atoms with E-state index in [1.807, 2.05) is 0 Å². The molecule has 1 saturated heterocycles. The number of nitrogens with zero attached hydrogens (tertiary/aromatic N) is 1. The van der Waals surface area contributed by atoms with Gasteiger partial charge in [-0.05, 0) is 31.2 Å². The molecule has 2 rings (SSSR count). The quantitative estimate of drug-likeness (QED) is 0.602. The summed E-state index contributed by atoms with van der Waals surface area (Å²) in [4.78, 5) is 46.5. The molecule has 1 heterocycles. The Balaban J connectivity index is 2.02. The van der Waals surface area contributed by atoms with Crippen LogP contribution in [0.5, 0.6) is 0 Å². The second kappa shape index (κ2) is 5.52. The average molecular weight is 275 g/mol. The van der Waals surface area contributed by atoms with E-state index in [1.165, 1.54) is 6.92 Å². The van der Waals surface area contributed by atoms with Crippen LogP contribution in [0.3, 0.4) is 0 Å². The van der Waals surface area contributed by atoms with Crippen LogP contribution in [-0.2, 0) is 9.59 Å². The van der Waals surface area contributed by atoms with E-state index >= 15 is 0 Å². The molecule has 7 nitrogen and oxygen atoms in total. The number of carbonyl (C=O) groups excluding carboxylic acids is 4. The van der Waals surface area contributed by atoms with Crippen molar-refractivity contribution < 1.29 is 19.2 Å². The number of piperazine rings is 1. The molecule has 7 heteroatoms. The topological polar surface area (TPSA) is 95.6 Å². The standard InChI is InChI=1S/C13H13N3O4/c1-8(17)9-2-4-10(5-3-9)14-13(20)16-6-11(18)15-12(19)7-16/h2-5H,6-7H2,1H3,(H,14,20)(H,15,18,19). The minimum atomic E-state index is -0.538. The Morgan fingerprint density at radius 1 is 1.10 bits per heavy atom. The molecule has 4 amide bonds. The molecule has 1 aromatic rings. The van der Waals surface area contributed by atoms with Crippen LogP contribution < -0.4 is 10.6 Å². The molecule has 0 radical (unpaired) electrons. The SMILES string of the molecule is CC(=O)c1ccc(NC(=O)N2CC(=O)NC(=O)C2)cc1. The summed E-state index contributed by atoms with van der Waals surface area (Å²) < 4.78 is 0. The maximum Gasteiger partial charge on any atom is 0.322 e. The van der Waals surface area contributed by atoms with Gasteiger partial charge in [-0.15, -0.1) is 0 Å². The molecule has 0 aliphatic carbocycles. The van der Waals surface area contributed by atoms with Crippen LogP contribution >= 0.6 is 0 Å². The summed E-state index contributed by atoms with van der Waals surface area (Å²) in [6.07, 6.45) is 0. The summed E-state index contributed by atoms with van der Waals surface area (Å²) in [6.45, 7) is 1.12. The second-order valence-electron chi connectivity index (χ2n) is 4.39. The molecule has 0 aromatic heterocycles. The first-order valence-electron chi connectivity index (χ1n) is 5.95. The van der Waals surface area contributed by atoms with Crippen molar-refractivity contribution in [2.45, 2.75) is 6.92 Å². The summed E-state index contributed by atoms with van der Waals surface area (Å²) in [7, 11) is 0. The van der Waals surface area contributed by atoms with Crippen LogP contribution in [0.1, 0.15) is 17.3 Å². The molecular weight excluding hydrogens is 262 g/mol. The van der Waals surface area contributed by atoms with Crippen LogP contribution in [0.2, 0.25) is 0 Å². The largest absolute Gasteiger partial charge is 0.322 e. The fourth-order valence-electron chi connectivity index (χ4n) is 1.77. The molecule has 1 fully saturated rings. The van der Waals surface area contributed by atoms with Crippen LogP contribution in [0.4, 0.5) is 10.5 Å². The third kappa shape index (κ3) is 3.19. The Labute approximate surface area is 114 Å². The Bertz CT molecular complexity index is 564. The van der Waals surface area contributed by atoms with Crippen LogP contribution in [0.15, 0.2) is 24.3 Å². The molecule has 1 aliphatic rings. The van der Waals surface area contributed by atoms with Crippen molar-refractivity contribution in [3.63, 3.8) is 0 Å². The first-order chi connectivity index (χ1) is 9.45. The lowest BCUT2D eigenvalue weighted by Gasteiger charge is -2.25. The number of rotatable bonds is 2. The van der Waals surface area contributed by atoms with Crippen molar-refractivity contribution in [1.82, 2.24) is 10.2 Å². The minimum absolute atomic E-state index is 0.0684. The monoisotopic (exact) mass is 275 g/mol. The van der Waals surface area contributed by atoms with Gasteiger partial charge in [-0.25, -0.2) is 4.79 Å². The number of carbonyl (C=O) groups is 4. The number of ketones is 1. The number of hydrogen-bond donors (Lipinski definition) is 2. The highest BCUT2D eigenvalue weighted by molar-refractivity contribution is 6.04. The van der Waals surface area contributed by atoms with Crippen LogP contribution in [0.25, 0.3) is 0 Å². The number of hydrogen-bond acceptors (Lipinski definition) is 4. The van der Waals surface area contributed by atoms with E-state index < -0.39 is 17.8 Å². The van der Waals surface area contributed by atoms with Gasteiger partial charge in [0.05, 0.1) is 0 Å². The molecule has 104 valence electrons. The van der Waals surface area contributed by atoms with E-state index in [2.05, 4.69) is 10.6 Å². The van der Waals surface area contributed by atoms with Crippen molar-refractivity contribution >= 4 is 29.3 Å². The van der Waals surface area contributed by atoms with E-state index in [4.69, 9.17) is 0 Å². The fraction of sp³-hybridized carbons (Fsp3) is 0.231. The smallest absolute Gasteiger partial charge is 0.308 e. The molecule has 0 spiro atoms. The molecule has 0 bridgehead atoms. The van der Waals surface area contributed by atoms with E-state index in [9.17, 15) is 19.2 Å². The van der Waals surface area contributed by atoms with E-state index in [-0.39, 0.29) is 18.9 Å². The maximum absolute atomic E-state index is 11.9. The van der Waals surface area contributed by atoms with E-state index in [0.29, 0.717) is 11.3 Å². The number of urea groups is 1. The third-order valence-corrected chi connectivity index (χ3v) is 2.78. The summed E-state index contributed by atoms with van der Waals surface area (Å²) in [5.41, 5.74) is 1.02.